The molecule has 0 bridgehead atoms. The molecule has 0 saturated carbocycles. The number of amides is 1. The molecule has 1 amide bonds. The van der Waals surface area contributed by atoms with Crippen LogP contribution in [0.15, 0.2) is 0 Å². The Morgan fingerprint density at radius 3 is 2.39 bits per heavy atom. The molecule has 2 heterocycles. The summed E-state index contributed by atoms with van der Waals surface area (Å²) in [5.41, 5.74) is 0.331. The minimum atomic E-state index is -0.714. The largest absolute Gasteiger partial charge is 0.481 e. The van der Waals surface area contributed by atoms with Crippen LogP contribution in [0, 0.1) is 17.8 Å². The zero-order valence-corrected chi connectivity index (χ0v) is 13.9. The van der Waals surface area contributed by atoms with E-state index in [0.717, 1.165) is 71.2 Å². The lowest BCUT2D eigenvalue weighted by Gasteiger charge is -2.54. The Morgan fingerprint density at radius 1 is 1.09 bits per heavy atom. The Morgan fingerprint density at radius 2 is 1.78 bits per heavy atom. The van der Waals surface area contributed by atoms with Crippen LogP contribution in [0.3, 0.4) is 0 Å². The Labute approximate surface area is 139 Å². The first kappa shape index (κ1) is 17.8. The molecule has 1 N–H and O–H groups in total. The number of carbonyl (C=O) groups excluding carboxylic acids is 1. The summed E-state index contributed by atoms with van der Waals surface area (Å²) in [5, 5.41) is 8.68. The van der Waals surface area contributed by atoms with Gasteiger partial charge in [-0.25, -0.2) is 0 Å². The van der Waals surface area contributed by atoms with Gasteiger partial charge in [0.25, 0.3) is 0 Å². The lowest BCUT2D eigenvalue weighted by atomic mass is 9.72. The van der Waals surface area contributed by atoms with Gasteiger partial charge in [-0.15, -0.1) is 12.3 Å². The topological polar surface area (TPSA) is 60.9 Å². The summed E-state index contributed by atoms with van der Waals surface area (Å²) in [6.45, 7) is 4.75. The maximum Gasteiger partial charge on any atom is 0.303 e. The van der Waals surface area contributed by atoms with Crippen molar-refractivity contribution in [2.75, 3.05) is 32.7 Å². The Balaban J connectivity index is 1.60. The van der Waals surface area contributed by atoms with Crippen molar-refractivity contribution in [3.8, 4) is 12.3 Å². The van der Waals surface area contributed by atoms with E-state index in [0.29, 0.717) is 11.8 Å². The SMILES string of the molecule is C#CCCCCC(=O)N1CC2(CCN(CCCC(=O)O)CC2)C1. The standard InChI is InChI=1S/C18H28N2O3/c1-2-3-4-5-7-16(21)20-14-18(15-20)9-12-19(13-10-18)11-6-8-17(22)23/h1H,3-15H2,(H,22,23). The molecule has 1 spiro atoms. The van der Waals surface area contributed by atoms with Gasteiger partial charge < -0.3 is 14.9 Å². The van der Waals surface area contributed by atoms with Crippen molar-refractivity contribution >= 4 is 11.9 Å². The number of carboxylic acids is 1. The third kappa shape index (κ3) is 5.24. The van der Waals surface area contributed by atoms with E-state index in [-0.39, 0.29) is 12.3 Å². The lowest BCUT2D eigenvalue weighted by Crippen LogP contribution is -2.61. The Kier molecular flexibility index (Phi) is 6.47. The lowest BCUT2D eigenvalue weighted by molar-refractivity contribution is -0.146. The number of hydrogen-bond donors (Lipinski definition) is 1. The second-order valence-corrected chi connectivity index (χ2v) is 7.00. The van der Waals surface area contributed by atoms with Crippen molar-refractivity contribution in [3.63, 3.8) is 0 Å². The van der Waals surface area contributed by atoms with Crippen LogP contribution in [0.1, 0.15) is 51.4 Å². The summed E-state index contributed by atoms with van der Waals surface area (Å²) in [6, 6.07) is 0. The van der Waals surface area contributed by atoms with Crippen molar-refractivity contribution in [2.24, 2.45) is 5.41 Å². The number of likely N-dealkylation sites (tertiary alicyclic amines) is 2. The van der Waals surface area contributed by atoms with Crippen LogP contribution in [0.5, 0.6) is 0 Å². The van der Waals surface area contributed by atoms with Crippen molar-refractivity contribution < 1.29 is 14.7 Å². The summed E-state index contributed by atoms with van der Waals surface area (Å²) < 4.78 is 0. The highest BCUT2D eigenvalue weighted by molar-refractivity contribution is 5.77. The van der Waals surface area contributed by atoms with Crippen LogP contribution in [-0.2, 0) is 9.59 Å². The van der Waals surface area contributed by atoms with Crippen molar-refractivity contribution in [1.82, 2.24) is 9.80 Å². The second-order valence-electron chi connectivity index (χ2n) is 7.00. The molecule has 0 aromatic rings. The summed E-state index contributed by atoms with van der Waals surface area (Å²) in [7, 11) is 0. The normalized spacial score (nSPS) is 20.0. The fourth-order valence-corrected chi connectivity index (χ4v) is 3.62. The van der Waals surface area contributed by atoms with Gasteiger partial charge in [0, 0.05) is 37.8 Å². The van der Waals surface area contributed by atoms with Gasteiger partial charge in [-0.05, 0) is 51.7 Å². The molecule has 0 aromatic carbocycles. The summed E-state index contributed by atoms with van der Waals surface area (Å²) in [5.74, 6) is 2.17. The number of rotatable bonds is 8. The number of hydrogen-bond acceptors (Lipinski definition) is 3. The molecule has 0 aromatic heterocycles. The van der Waals surface area contributed by atoms with E-state index in [2.05, 4.69) is 10.8 Å². The van der Waals surface area contributed by atoms with E-state index in [9.17, 15) is 9.59 Å². The molecule has 2 aliphatic rings. The Bertz CT molecular complexity index is 453. The van der Waals surface area contributed by atoms with Gasteiger partial charge in [-0.3, -0.25) is 9.59 Å². The fourth-order valence-electron chi connectivity index (χ4n) is 3.62. The van der Waals surface area contributed by atoms with E-state index in [4.69, 9.17) is 11.5 Å². The number of nitrogens with zero attached hydrogens (tertiary/aromatic N) is 2. The first-order chi connectivity index (χ1) is 11.0. The molecule has 0 radical (unpaired) electrons. The van der Waals surface area contributed by atoms with E-state index >= 15 is 0 Å². The number of aliphatic carboxylic acids is 1. The quantitative estimate of drug-likeness (QED) is 0.549. The van der Waals surface area contributed by atoms with Gasteiger partial charge in [0.2, 0.25) is 5.91 Å². The van der Waals surface area contributed by atoms with Gasteiger partial charge in [0.1, 0.15) is 0 Å². The average Bonchev–Trinajstić information content (AvgIpc) is 2.49. The summed E-state index contributed by atoms with van der Waals surface area (Å²) in [4.78, 5) is 27.0. The number of carbonyl (C=O) groups is 2. The minimum absolute atomic E-state index is 0.254. The van der Waals surface area contributed by atoms with Crippen LogP contribution in [0.2, 0.25) is 0 Å². The first-order valence-corrected chi connectivity index (χ1v) is 8.70. The van der Waals surface area contributed by atoms with E-state index in [1.54, 1.807) is 0 Å². The maximum absolute atomic E-state index is 12.1. The van der Waals surface area contributed by atoms with Gasteiger partial charge in [0.15, 0.2) is 0 Å². The van der Waals surface area contributed by atoms with E-state index < -0.39 is 5.97 Å². The number of terminal acetylenes is 1. The van der Waals surface area contributed by atoms with E-state index in [1.807, 2.05) is 4.90 Å². The van der Waals surface area contributed by atoms with Crippen molar-refractivity contribution in [3.05, 3.63) is 0 Å². The summed E-state index contributed by atoms with van der Waals surface area (Å²) in [6.07, 6.45) is 11.7. The number of carboxylic acid groups (broad SMARTS) is 1. The van der Waals surface area contributed by atoms with Crippen LogP contribution < -0.4 is 0 Å². The van der Waals surface area contributed by atoms with Crippen LogP contribution in [-0.4, -0.2) is 59.5 Å². The molecular formula is C18H28N2O3. The van der Waals surface area contributed by atoms with Gasteiger partial charge in [-0.2, -0.15) is 0 Å². The molecule has 2 rings (SSSR count). The zero-order chi connectivity index (χ0) is 16.7. The highest BCUT2D eigenvalue weighted by Crippen LogP contribution is 2.40. The Hall–Kier alpha value is -1.54. The number of unbranched alkanes of at least 4 members (excludes halogenated alkanes) is 2. The van der Waals surface area contributed by atoms with Crippen LogP contribution in [0.25, 0.3) is 0 Å². The highest BCUT2D eigenvalue weighted by atomic mass is 16.4. The number of piperidine rings is 1. The average molecular weight is 320 g/mol. The highest BCUT2D eigenvalue weighted by Gasteiger charge is 2.46. The molecule has 2 fully saturated rings. The predicted molar refractivity (Wildman–Crippen MR) is 88.9 cm³/mol. The molecule has 0 aliphatic carbocycles. The van der Waals surface area contributed by atoms with E-state index in [1.165, 1.54) is 0 Å². The maximum atomic E-state index is 12.1. The molecule has 5 heteroatoms. The fraction of sp³-hybridized carbons (Fsp3) is 0.778. The minimum Gasteiger partial charge on any atom is -0.481 e. The first-order valence-electron chi connectivity index (χ1n) is 8.70. The third-order valence-corrected chi connectivity index (χ3v) is 5.15. The molecule has 0 atom stereocenters. The van der Waals surface area contributed by atoms with Crippen LogP contribution in [0.4, 0.5) is 0 Å². The summed E-state index contributed by atoms with van der Waals surface area (Å²) >= 11 is 0. The molecule has 128 valence electrons. The molecule has 2 saturated heterocycles. The predicted octanol–water partition coefficient (Wildman–Crippen LogP) is 1.97. The molecular weight excluding hydrogens is 292 g/mol. The molecule has 5 nitrogen and oxygen atoms in total. The van der Waals surface area contributed by atoms with Crippen molar-refractivity contribution in [2.45, 2.75) is 51.4 Å². The van der Waals surface area contributed by atoms with Gasteiger partial charge in [0.05, 0.1) is 0 Å². The van der Waals surface area contributed by atoms with Gasteiger partial charge >= 0.3 is 5.97 Å². The third-order valence-electron chi connectivity index (χ3n) is 5.15. The molecule has 23 heavy (non-hydrogen) atoms. The molecule has 2 aliphatic heterocycles. The molecule has 0 unspecified atom stereocenters. The van der Waals surface area contributed by atoms with Gasteiger partial charge in [-0.1, -0.05) is 0 Å². The zero-order valence-electron chi connectivity index (χ0n) is 13.9. The monoisotopic (exact) mass is 320 g/mol. The smallest absolute Gasteiger partial charge is 0.303 e. The van der Waals surface area contributed by atoms with Crippen LogP contribution >= 0.6 is 0 Å². The van der Waals surface area contributed by atoms with Crippen molar-refractivity contribution in [1.29, 1.82) is 0 Å². The second kappa shape index (κ2) is 8.35.